The molecule has 0 radical (unpaired) electrons. The molecule has 4 aromatic carbocycles. The number of carbonyl (C=O) groups is 2. The Morgan fingerprint density at radius 1 is 0.488 bits per heavy atom. The Balaban J connectivity index is 0.000000192. The minimum absolute atomic E-state index is 0. The average Bonchev–Trinajstić information content (AvgIpc) is 3.04. The van der Waals surface area contributed by atoms with Gasteiger partial charge in [-0.2, -0.15) is 0 Å². The van der Waals surface area contributed by atoms with Crippen molar-refractivity contribution in [2.75, 3.05) is 0 Å². The number of rotatable bonds is 6. The molecule has 0 aliphatic rings. The fourth-order valence-corrected chi connectivity index (χ4v) is 4.16. The number of aromatic nitrogens is 2. The van der Waals surface area contributed by atoms with Crippen molar-refractivity contribution in [1.29, 1.82) is 0 Å². The van der Waals surface area contributed by atoms with Gasteiger partial charge in [0.25, 0.3) is 0 Å². The van der Waals surface area contributed by atoms with Crippen LogP contribution in [-0.2, 0) is 19.5 Å². The summed E-state index contributed by atoms with van der Waals surface area (Å²) in [5.41, 5.74) is 3.09. The van der Waals surface area contributed by atoms with Crippen LogP contribution in [-0.4, -0.2) is 21.5 Å². The molecular weight excluding hydrogens is 590 g/mol. The average molecular weight is 614 g/mol. The van der Waals surface area contributed by atoms with Crippen LogP contribution in [0.3, 0.4) is 0 Å². The molecule has 7 heteroatoms. The van der Waals surface area contributed by atoms with Gasteiger partial charge in [0, 0.05) is 0 Å². The summed E-state index contributed by atoms with van der Waals surface area (Å²) in [4.78, 5) is 32.6. The zero-order valence-corrected chi connectivity index (χ0v) is 26.1. The minimum Gasteiger partial charge on any atom is -0.871 e. The predicted octanol–water partition coefficient (Wildman–Crippen LogP) is 6.41. The number of allylic oxidation sites excluding steroid dienone is 2. The van der Waals surface area contributed by atoms with Crippen LogP contribution >= 0.6 is 0 Å². The summed E-state index contributed by atoms with van der Waals surface area (Å²) < 4.78 is 0. The van der Waals surface area contributed by atoms with Gasteiger partial charge in [0.05, 0.1) is 11.0 Å². The molecule has 6 rings (SSSR count). The Morgan fingerprint density at radius 3 is 1.28 bits per heavy atom. The van der Waals surface area contributed by atoms with Gasteiger partial charge in [0.1, 0.15) is 11.4 Å². The van der Waals surface area contributed by atoms with Crippen molar-refractivity contribution >= 4 is 45.5 Å². The second-order valence-corrected chi connectivity index (χ2v) is 9.27. The molecule has 43 heavy (non-hydrogen) atoms. The van der Waals surface area contributed by atoms with Crippen molar-refractivity contribution in [3.63, 3.8) is 0 Å². The SMILES string of the molecule is O=C(/C=C/c1ccccc1)c1ccc2cccc([O-])c2n1.O=C(/C=C/c1ccccc1)c1ccc2cccc([O-])c2n1.[Zn+2]. The Bertz CT molecular complexity index is 1800. The van der Waals surface area contributed by atoms with Crippen molar-refractivity contribution in [1.82, 2.24) is 9.97 Å². The summed E-state index contributed by atoms with van der Waals surface area (Å²) in [6.45, 7) is 0. The van der Waals surface area contributed by atoms with Crippen LogP contribution in [0.2, 0.25) is 0 Å². The number of hydrogen-bond donors (Lipinski definition) is 0. The topological polar surface area (TPSA) is 106 Å². The number of para-hydroxylation sites is 2. The fourth-order valence-electron chi connectivity index (χ4n) is 4.16. The van der Waals surface area contributed by atoms with Crippen molar-refractivity contribution in [3.05, 3.63) is 156 Å². The Labute approximate surface area is 261 Å². The van der Waals surface area contributed by atoms with Gasteiger partial charge >= 0.3 is 19.5 Å². The first-order valence-electron chi connectivity index (χ1n) is 13.2. The van der Waals surface area contributed by atoms with E-state index in [2.05, 4.69) is 9.97 Å². The number of nitrogens with zero attached hydrogens (tertiary/aromatic N) is 2. The van der Waals surface area contributed by atoms with E-state index in [0.717, 1.165) is 21.9 Å². The summed E-state index contributed by atoms with van der Waals surface area (Å²) in [6, 6.07) is 35.7. The van der Waals surface area contributed by atoms with Crippen LogP contribution in [0, 0.1) is 0 Å². The number of hydrogen-bond acceptors (Lipinski definition) is 6. The summed E-state index contributed by atoms with van der Waals surface area (Å²) in [5.74, 6) is -0.781. The second-order valence-electron chi connectivity index (χ2n) is 9.27. The third-order valence-corrected chi connectivity index (χ3v) is 6.32. The van der Waals surface area contributed by atoms with Crippen LogP contribution in [0.1, 0.15) is 32.1 Å². The minimum atomic E-state index is -0.219. The van der Waals surface area contributed by atoms with E-state index >= 15 is 0 Å². The largest absolute Gasteiger partial charge is 2.00 e. The van der Waals surface area contributed by atoms with E-state index < -0.39 is 0 Å². The fraction of sp³-hybridized carbons (Fsp3) is 0. The summed E-state index contributed by atoms with van der Waals surface area (Å²) in [5, 5.41) is 25.0. The molecule has 2 heterocycles. The molecule has 2 aromatic heterocycles. The maximum absolute atomic E-state index is 12.1. The third kappa shape index (κ3) is 7.94. The molecule has 0 spiro atoms. The van der Waals surface area contributed by atoms with Crippen LogP contribution < -0.4 is 10.2 Å². The first-order chi connectivity index (χ1) is 20.5. The first kappa shape index (κ1) is 30.7. The van der Waals surface area contributed by atoms with Gasteiger partial charge < -0.3 is 10.2 Å². The first-order valence-corrected chi connectivity index (χ1v) is 13.2. The van der Waals surface area contributed by atoms with E-state index in [1.165, 1.54) is 24.3 Å². The molecular formula is C36H24N2O4Zn. The van der Waals surface area contributed by atoms with Gasteiger partial charge in [-0.3, -0.25) is 9.59 Å². The maximum Gasteiger partial charge on any atom is 2.00 e. The van der Waals surface area contributed by atoms with Gasteiger partial charge in [0.2, 0.25) is 11.6 Å². The molecule has 6 nitrogen and oxygen atoms in total. The summed E-state index contributed by atoms with van der Waals surface area (Å²) in [6.07, 6.45) is 6.41. The van der Waals surface area contributed by atoms with E-state index in [1.54, 1.807) is 60.7 Å². The zero-order chi connectivity index (χ0) is 29.3. The van der Waals surface area contributed by atoms with Gasteiger partial charge in [-0.05, 0) is 46.2 Å². The van der Waals surface area contributed by atoms with Crippen molar-refractivity contribution in [3.8, 4) is 11.5 Å². The van der Waals surface area contributed by atoms with Gasteiger partial charge in [-0.25, -0.2) is 9.97 Å². The van der Waals surface area contributed by atoms with Crippen LogP contribution in [0.25, 0.3) is 34.0 Å². The van der Waals surface area contributed by atoms with Gasteiger partial charge in [-0.1, -0.05) is 133 Å². The molecule has 6 aromatic rings. The molecule has 204 valence electrons. The van der Waals surface area contributed by atoms with Crippen LogP contribution in [0.15, 0.2) is 133 Å². The number of ketones is 2. The predicted molar refractivity (Wildman–Crippen MR) is 162 cm³/mol. The molecule has 0 saturated carbocycles. The van der Waals surface area contributed by atoms with E-state index in [9.17, 15) is 19.8 Å². The molecule has 0 saturated heterocycles. The summed E-state index contributed by atoms with van der Waals surface area (Å²) >= 11 is 0. The smallest absolute Gasteiger partial charge is 0.871 e. The van der Waals surface area contributed by atoms with Crippen molar-refractivity contribution in [2.24, 2.45) is 0 Å². The van der Waals surface area contributed by atoms with Crippen molar-refractivity contribution < 1.29 is 39.3 Å². The Morgan fingerprint density at radius 2 is 0.884 bits per heavy atom. The second kappa shape index (κ2) is 14.6. The zero-order valence-electron chi connectivity index (χ0n) is 23.1. The van der Waals surface area contributed by atoms with E-state index in [1.807, 2.05) is 60.7 Å². The number of benzene rings is 4. The third-order valence-electron chi connectivity index (χ3n) is 6.32. The molecule has 0 bridgehead atoms. The molecule has 0 unspecified atom stereocenters. The normalized spacial score (nSPS) is 10.8. The molecule has 0 amide bonds. The Kier molecular flexibility index (Phi) is 10.4. The quantitative estimate of drug-likeness (QED) is 0.122. The monoisotopic (exact) mass is 612 g/mol. The molecule has 0 atom stereocenters. The van der Waals surface area contributed by atoms with Crippen molar-refractivity contribution in [2.45, 2.75) is 0 Å². The van der Waals surface area contributed by atoms with E-state index in [-0.39, 0.29) is 53.9 Å². The number of carbonyl (C=O) groups excluding carboxylic acids is 2. The molecule has 0 N–H and O–H groups in total. The van der Waals surface area contributed by atoms with Gasteiger partial charge in [-0.15, -0.1) is 0 Å². The maximum atomic E-state index is 12.1. The molecule has 0 aliphatic carbocycles. The molecule has 0 aliphatic heterocycles. The molecule has 0 fully saturated rings. The van der Waals surface area contributed by atoms with E-state index in [0.29, 0.717) is 11.0 Å². The summed E-state index contributed by atoms with van der Waals surface area (Å²) in [7, 11) is 0. The van der Waals surface area contributed by atoms with Gasteiger partial charge in [0.15, 0.2) is 0 Å². The number of fused-ring (bicyclic) bond motifs is 2. The Hall–Kier alpha value is -5.26. The van der Waals surface area contributed by atoms with Crippen LogP contribution in [0.4, 0.5) is 0 Å². The standard InChI is InChI=1S/2C18H13NO2.Zn/c2*20-16(12-9-13-5-2-1-3-6-13)15-11-10-14-7-4-8-17(21)18(14)19-15;/h2*1-12,21H;/q;;+2/p-2/b2*12-9+;. The van der Waals surface area contributed by atoms with Crippen LogP contribution in [0.5, 0.6) is 11.5 Å². The van der Waals surface area contributed by atoms with E-state index in [4.69, 9.17) is 0 Å². The number of pyridine rings is 2.